The molecule has 3 aromatic carbocycles. The molecule has 1 atom stereocenters. The molecule has 0 aromatic heterocycles. The standard InChI is InChI=1S/C24H23NO/c1-26-24-14-12-21-16-19(9-11-22(21)17-24)10-13-23-8-5-15-25(23)18-20-6-3-2-4-7-20/h2-4,6-7,9,11-12,14,16-17,23H,5,8,15,18H2,1H3/t23-/m0/s1. The second kappa shape index (κ2) is 7.64. The lowest BCUT2D eigenvalue weighted by molar-refractivity contribution is 0.288. The third kappa shape index (κ3) is 3.74. The Balaban J connectivity index is 1.51. The number of nitrogens with zero attached hydrogens (tertiary/aromatic N) is 1. The fourth-order valence-corrected chi connectivity index (χ4v) is 3.59. The van der Waals surface area contributed by atoms with Crippen LogP contribution in [0.1, 0.15) is 24.0 Å². The molecule has 0 aliphatic carbocycles. The van der Waals surface area contributed by atoms with Gasteiger partial charge < -0.3 is 4.74 Å². The van der Waals surface area contributed by atoms with Crippen LogP contribution in [0.3, 0.4) is 0 Å². The zero-order chi connectivity index (χ0) is 17.8. The number of likely N-dealkylation sites (tertiary alicyclic amines) is 1. The fraction of sp³-hybridized carbons (Fsp3) is 0.250. The van der Waals surface area contributed by atoms with E-state index >= 15 is 0 Å². The van der Waals surface area contributed by atoms with Crippen LogP contribution in [0.5, 0.6) is 5.75 Å². The lowest BCUT2D eigenvalue weighted by Gasteiger charge is -2.20. The second-order valence-corrected chi connectivity index (χ2v) is 6.81. The van der Waals surface area contributed by atoms with Gasteiger partial charge in [0.1, 0.15) is 5.75 Å². The smallest absolute Gasteiger partial charge is 0.119 e. The zero-order valence-electron chi connectivity index (χ0n) is 15.1. The van der Waals surface area contributed by atoms with E-state index in [4.69, 9.17) is 4.74 Å². The van der Waals surface area contributed by atoms with Gasteiger partial charge in [0.15, 0.2) is 0 Å². The first-order valence-corrected chi connectivity index (χ1v) is 9.19. The van der Waals surface area contributed by atoms with Crippen LogP contribution in [-0.4, -0.2) is 24.6 Å². The number of hydrogen-bond donors (Lipinski definition) is 0. The van der Waals surface area contributed by atoms with Crippen molar-refractivity contribution in [3.05, 3.63) is 77.9 Å². The molecule has 1 saturated heterocycles. The molecule has 1 fully saturated rings. The number of hydrogen-bond acceptors (Lipinski definition) is 2. The summed E-state index contributed by atoms with van der Waals surface area (Å²) in [4.78, 5) is 2.49. The van der Waals surface area contributed by atoms with E-state index in [1.54, 1.807) is 7.11 Å². The van der Waals surface area contributed by atoms with Crippen LogP contribution in [0.4, 0.5) is 0 Å². The topological polar surface area (TPSA) is 12.5 Å². The molecule has 0 radical (unpaired) electrons. The lowest BCUT2D eigenvalue weighted by atomic mass is 10.1. The Morgan fingerprint density at radius 3 is 2.65 bits per heavy atom. The van der Waals surface area contributed by atoms with Crippen molar-refractivity contribution in [2.45, 2.75) is 25.4 Å². The van der Waals surface area contributed by atoms with Gasteiger partial charge in [-0.25, -0.2) is 0 Å². The van der Waals surface area contributed by atoms with Gasteiger partial charge >= 0.3 is 0 Å². The molecule has 0 spiro atoms. The Hall–Kier alpha value is -2.76. The highest BCUT2D eigenvalue weighted by atomic mass is 16.5. The average Bonchev–Trinajstić information content (AvgIpc) is 3.13. The Bertz CT molecular complexity index is 952. The summed E-state index contributed by atoms with van der Waals surface area (Å²) < 4.78 is 5.29. The van der Waals surface area contributed by atoms with Gasteiger partial charge in [0.25, 0.3) is 0 Å². The Labute approximate surface area is 155 Å². The average molecular weight is 341 g/mol. The first-order chi connectivity index (χ1) is 12.8. The Kier molecular flexibility index (Phi) is 4.91. The molecular formula is C24H23NO. The highest BCUT2D eigenvalue weighted by molar-refractivity contribution is 5.85. The summed E-state index contributed by atoms with van der Waals surface area (Å²) in [5.74, 6) is 7.79. The second-order valence-electron chi connectivity index (χ2n) is 6.81. The summed E-state index contributed by atoms with van der Waals surface area (Å²) >= 11 is 0. The van der Waals surface area contributed by atoms with Gasteiger partial charge in [-0.1, -0.05) is 54.3 Å². The predicted molar refractivity (Wildman–Crippen MR) is 107 cm³/mol. The van der Waals surface area contributed by atoms with Crippen LogP contribution < -0.4 is 4.74 Å². The summed E-state index contributed by atoms with van der Waals surface area (Å²) in [5.41, 5.74) is 2.44. The SMILES string of the molecule is COc1ccc2cc(C#C[C@@H]3CCCN3Cc3ccccc3)ccc2c1. The van der Waals surface area contributed by atoms with Gasteiger partial charge in [-0.15, -0.1) is 0 Å². The molecule has 130 valence electrons. The van der Waals surface area contributed by atoms with Gasteiger partial charge in [0.05, 0.1) is 13.2 Å². The van der Waals surface area contributed by atoms with Crippen LogP contribution in [-0.2, 0) is 6.54 Å². The third-order valence-corrected chi connectivity index (χ3v) is 5.02. The Morgan fingerprint density at radius 1 is 1.00 bits per heavy atom. The molecule has 0 amide bonds. The molecule has 1 heterocycles. The maximum Gasteiger partial charge on any atom is 0.119 e. The summed E-state index contributed by atoms with van der Waals surface area (Å²) in [6, 6.07) is 23.6. The van der Waals surface area contributed by atoms with E-state index in [0.29, 0.717) is 6.04 Å². The zero-order valence-corrected chi connectivity index (χ0v) is 15.1. The van der Waals surface area contributed by atoms with Crippen molar-refractivity contribution in [2.75, 3.05) is 13.7 Å². The molecule has 2 nitrogen and oxygen atoms in total. The number of fused-ring (bicyclic) bond motifs is 1. The van der Waals surface area contributed by atoms with Crippen molar-refractivity contribution in [3.63, 3.8) is 0 Å². The summed E-state index contributed by atoms with van der Waals surface area (Å²) in [5, 5.41) is 2.38. The highest BCUT2D eigenvalue weighted by Crippen LogP contribution is 2.22. The molecule has 0 N–H and O–H groups in total. The normalized spacial score (nSPS) is 17.0. The van der Waals surface area contributed by atoms with Crippen LogP contribution >= 0.6 is 0 Å². The highest BCUT2D eigenvalue weighted by Gasteiger charge is 2.22. The first-order valence-electron chi connectivity index (χ1n) is 9.19. The lowest BCUT2D eigenvalue weighted by Crippen LogP contribution is -2.27. The maximum atomic E-state index is 5.29. The molecule has 0 unspecified atom stereocenters. The van der Waals surface area contributed by atoms with E-state index in [9.17, 15) is 0 Å². The monoisotopic (exact) mass is 341 g/mol. The fourth-order valence-electron chi connectivity index (χ4n) is 3.59. The minimum absolute atomic E-state index is 0.349. The number of benzene rings is 3. The summed E-state index contributed by atoms with van der Waals surface area (Å²) in [7, 11) is 1.70. The molecule has 4 rings (SSSR count). The van der Waals surface area contributed by atoms with Gasteiger partial charge in [0, 0.05) is 12.1 Å². The van der Waals surface area contributed by atoms with Crippen molar-refractivity contribution in [1.82, 2.24) is 4.90 Å². The van der Waals surface area contributed by atoms with Gasteiger partial charge in [-0.3, -0.25) is 4.90 Å². The van der Waals surface area contributed by atoms with Crippen LogP contribution in [0, 0.1) is 11.8 Å². The molecule has 0 saturated carbocycles. The van der Waals surface area contributed by atoms with E-state index < -0.39 is 0 Å². The van der Waals surface area contributed by atoms with Crippen molar-refractivity contribution >= 4 is 10.8 Å². The molecule has 0 bridgehead atoms. The first kappa shape index (κ1) is 16.7. The molecule has 1 aliphatic rings. The molecule has 2 heteroatoms. The van der Waals surface area contributed by atoms with Crippen molar-refractivity contribution in [2.24, 2.45) is 0 Å². The van der Waals surface area contributed by atoms with Gasteiger partial charge in [-0.2, -0.15) is 0 Å². The molecule has 26 heavy (non-hydrogen) atoms. The van der Waals surface area contributed by atoms with Gasteiger partial charge in [0.2, 0.25) is 0 Å². The number of ether oxygens (including phenoxy) is 1. The summed E-state index contributed by atoms with van der Waals surface area (Å²) in [6.45, 7) is 2.11. The van der Waals surface area contributed by atoms with Crippen LogP contribution in [0.15, 0.2) is 66.7 Å². The van der Waals surface area contributed by atoms with E-state index in [1.807, 2.05) is 6.07 Å². The summed E-state index contributed by atoms with van der Waals surface area (Å²) in [6.07, 6.45) is 2.38. The van der Waals surface area contributed by atoms with Crippen molar-refractivity contribution in [1.29, 1.82) is 0 Å². The van der Waals surface area contributed by atoms with Crippen molar-refractivity contribution < 1.29 is 4.74 Å². The third-order valence-electron chi connectivity index (χ3n) is 5.02. The quantitative estimate of drug-likeness (QED) is 0.631. The molecule has 1 aliphatic heterocycles. The van der Waals surface area contributed by atoms with E-state index in [2.05, 4.69) is 77.4 Å². The minimum Gasteiger partial charge on any atom is -0.497 e. The van der Waals surface area contributed by atoms with Gasteiger partial charge in [-0.05, 0) is 60.0 Å². The van der Waals surface area contributed by atoms with Crippen LogP contribution in [0.2, 0.25) is 0 Å². The largest absolute Gasteiger partial charge is 0.497 e. The maximum absolute atomic E-state index is 5.29. The number of rotatable bonds is 3. The van der Waals surface area contributed by atoms with E-state index in [0.717, 1.165) is 30.8 Å². The van der Waals surface area contributed by atoms with E-state index in [-0.39, 0.29) is 0 Å². The minimum atomic E-state index is 0.349. The van der Waals surface area contributed by atoms with Crippen molar-refractivity contribution in [3.8, 4) is 17.6 Å². The predicted octanol–water partition coefficient (Wildman–Crippen LogP) is 4.86. The molecular weight excluding hydrogens is 318 g/mol. The van der Waals surface area contributed by atoms with Crippen LogP contribution in [0.25, 0.3) is 10.8 Å². The Morgan fingerprint density at radius 2 is 1.81 bits per heavy atom. The number of methoxy groups -OCH3 is 1. The molecule has 3 aromatic rings. The van der Waals surface area contributed by atoms with E-state index in [1.165, 1.54) is 22.8 Å².